The molecule has 1 amide bonds. The van der Waals surface area contributed by atoms with Crippen molar-refractivity contribution in [3.63, 3.8) is 0 Å². The lowest BCUT2D eigenvalue weighted by Gasteiger charge is -2.22. The lowest BCUT2D eigenvalue weighted by Crippen LogP contribution is -2.36. The highest BCUT2D eigenvalue weighted by molar-refractivity contribution is 5.66. The predicted octanol–water partition coefficient (Wildman–Crippen LogP) is 0.709. The Hall–Kier alpha value is -1.01. The minimum atomic E-state index is -1.03. The summed E-state index contributed by atoms with van der Waals surface area (Å²) in [6.45, 7) is 4.64. The van der Waals surface area contributed by atoms with Crippen LogP contribution in [0.15, 0.2) is 0 Å². The molecule has 2 heterocycles. The molecule has 170 valence electrons. The van der Waals surface area contributed by atoms with Gasteiger partial charge in [0, 0.05) is 6.61 Å². The molecular formula is C19H35NO9. The average Bonchev–Trinajstić information content (AvgIpc) is 3.16. The molecule has 2 rings (SSSR count). The fraction of sp³-hybridized carbons (Fsp3) is 0.947. The van der Waals surface area contributed by atoms with E-state index >= 15 is 0 Å². The quantitative estimate of drug-likeness (QED) is 0.369. The molecule has 0 bridgehead atoms. The molecule has 10 heteroatoms. The summed E-state index contributed by atoms with van der Waals surface area (Å²) in [5.74, 6) is 0. The monoisotopic (exact) mass is 421 g/mol. The van der Waals surface area contributed by atoms with E-state index in [1.165, 1.54) is 4.90 Å². The summed E-state index contributed by atoms with van der Waals surface area (Å²) >= 11 is 0. The van der Waals surface area contributed by atoms with Gasteiger partial charge in [0.1, 0.15) is 0 Å². The molecule has 2 aliphatic heterocycles. The third kappa shape index (κ3) is 10.0. The van der Waals surface area contributed by atoms with Gasteiger partial charge in [0.2, 0.25) is 0 Å². The first-order valence-corrected chi connectivity index (χ1v) is 10.4. The van der Waals surface area contributed by atoms with E-state index in [2.05, 4.69) is 0 Å². The number of hydrogen-bond acceptors (Lipinski definition) is 8. The van der Waals surface area contributed by atoms with Crippen LogP contribution in [0.3, 0.4) is 0 Å². The highest BCUT2D eigenvalue weighted by Gasteiger charge is 2.35. The van der Waals surface area contributed by atoms with Gasteiger partial charge in [-0.2, -0.15) is 0 Å². The maximum Gasteiger partial charge on any atom is 0.407 e. The van der Waals surface area contributed by atoms with Crippen LogP contribution >= 0.6 is 0 Å². The van der Waals surface area contributed by atoms with Gasteiger partial charge >= 0.3 is 6.09 Å². The third-order valence-electron chi connectivity index (χ3n) is 4.83. The maximum atomic E-state index is 11.1. The Labute approximate surface area is 171 Å². The zero-order chi connectivity index (χ0) is 20.7. The van der Waals surface area contributed by atoms with Crippen molar-refractivity contribution in [2.75, 3.05) is 72.6 Å². The molecule has 0 aromatic heterocycles. The molecule has 2 aliphatic rings. The standard InChI is InChI=1S/C19H35NO9/c21-15-16-13-17(14-20(16)19(22)23)27-11-9-25-7-5-24-6-8-26-10-12-29-18-3-1-2-4-28-18/h16-18,21H,1-15H2,(H,22,23)/t16-,17+,18?/m0/s1. The van der Waals surface area contributed by atoms with Crippen molar-refractivity contribution in [3.8, 4) is 0 Å². The number of carbonyl (C=O) groups is 1. The summed E-state index contributed by atoms with van der Waals surface area (Å²) in [4.78, 5) is 12.3. The molecule has 2 saturated heterocycles. The second-order valence-corrected chi connectivity index (χ2v) is 7.00. The Morgan fingerprint density at radius 3 is 2.07 bits per heavy atom. The van der Waals surface area contributed by atoms with E-state index in [1.54, 1.807) is 0 Å². The second kappa shape index (κ2) is 14.9. The first-order valence-electron chi connectivity index (χ1n) is 10.4. The molecule has 0 saturated carbocycles. The van der Waals surface area contributed by atoms with Crippen molar-refractivity contribution in [1.29, 1.82) is 0 Å². The van der Waals surface area contributed by atoms with Crippen LogP contribution in [0.5, 0.6) is 0 Å². The Kier molecular flexibility index (Phi) is 12.5. The van der Waals surface area contributed by atoms with Gasteiger partial charge in [0.05, 0.1) is 78.2 Å². The second-order valence-electron chi connectivity index (χ2n) is 7.00. The van der Waals surface area contributed by atoms with Crippen molar-refractivity contribution in [3.05, 3.63) is 0 Å². The largest absolute Gasteiger partial charge is 0.465 e. The molecule has 0 aromatic rings. The molecule has 2 fully saturated rings. The van der Waals surface area contributed by atoms with Gasteiger partial charge < -0.3 is 43.5 Å². The Balaban J connectivity index is 1.31. The molecule has 10 nitrogen and oxygen atoms in total. The van der Waals surface area contributed by atoms with Crippen LogP contribution in [0.4, 0.5) is 4.79 Å². The minimum absolute atomic E-state index is 0.0781. The van der Waals surface area contributed by atoms with Crippen LogP contribution in [-0.2, 0) is 28.4 Å². The van der Waals surface area contributed by atoms with Gasteiger partial charge in [0.15, 0.2) is 6.29 Å². The average molecular weight is 421 g/mol. The summed E-state index contributed by atoms with van der Waals surface area (Å²) in [5, 5.41) is 18.3. The number of ether oxygens (including phenoxy) is 6. The number of carboxylic acid groups (broad SMARTS) is 1. The molecule has 29 heavy (non-hydrogen) atoms. The molecule has 0 radical (unpaired) electrons. The van der Waals surface area contributed by atoms with E-state index < -0.39 is 6.09 Å². The van der Waals surface area contributed by atoms with E-state index in [0.717, 1.165) is 25.9 Å². The van der Waals surface area contributed by atoms with Crippen LogP contribution in [0.2, 0.25) is 0 Å². The SMILES string of the molecule is O=C(O)N1C[C@H](OCCOCCOCCOCCOC2CCCCO2)C[C@H]1CO. The molecule has 0 aliphatic carbocycles. The van der Waals surface area contributed by atoms with Gasteiger partial charge in [-0.3, -0.25) is 0 Å². The van der Waals surface area contributed by atoms with E-state index in [1.807, 2.05) is 0 Å². The summed E-state index contributed by atoms with van der Waals surface area (Å²) in [7, 11) is 0. The van der Waals surface area contributed by atoms with Crippen molar-refractivity contribution < 1.29 is 43.4 Å². The Morgan fingerprint density at radius 2 is 1.55 bits per heavy atom. The van der Waals surface area contributed by atoms with Crippen molar-refractivity contribution in [2.24, 2.45) is 0 Å². The zero-order valence-electron chi connectivity index (χ0n) is 17.0. The number of hydrogen-bond donors (Lipinski definition) is 2. The molecule has 0 spiro atoms. The van der Waals surface area contributed by atoms with E-state index in [4.69, 9.17) is 33.5 Å². The van der Waals surface area contributed by atoms with Crippen LogP contribution in [-0.4, -0.2) is 112 Å². The van der Waals surface area contributed by atoms with E-state index in [9.17, 15) is 9.90 Å². The first-order chi connectivity index (χ1) is 14.2. The number of likely N-dealkylation sites (tertiary alicyclic amines) is 1. The number of rotatable bonds is 15. The molecule has 3 atom stereocenters. The third-order valence-corrected chi connectivity index (χ3v) is 4.83. The molecule has 2 N–H and O–H groups in total. The fourth-order valence-corrected chi connectivity index (χ4v) is 3.30. The van der Waals surface area contributed by atoms with Crippen molar-refractivity contribution >= 4 is 6.09 Å². The summed E-state index contributed by atoms with van der Waals surface area (Å²) < 4.78 is 32.9. The van der Waals surface area contributed by atoms with Crippen LogP contribution in [0, 0.1) is 0 Å². The van der Waals surface area contributed by atoms with Crippen LogP contribution in [0.25, 0.3) is 0 Å². The summed E-state index contributed by atoms with van der Waals surface area (Å²) in [6.07, 6.45) is 2.42. The van der Waals surface area contributed by atoms with Crippen LogP contribution in [0.1, 0.15) is 25.7 Å². The van der Waals surface area contributed by atoms with Crippen LogP contribution < -0.4 is 0 Å². The topological polar surface area (TPSA) is 116 Å². The number of aliphatic hydroxyl groups excluding tert-OH is 1. The van der Waals surface area contributed by atoms with Gasteiger partial charge in [0.25, 0.3) is 0 Å². The molecular weight excluding hydrogens is 386 g/mol. The normalized spacial score (nSPS) is 24.9. The van der Waals surface area contributed by atoms with Crippen molar-refractivity contribution in [1.82, 2.24) is 4.90 Å². The fourth-order valence-electron chi connectivity index (χ4n) is 3.30. The molecule has 1 unspecified atom stereocenters. The summed E-state index contributed by atoms with van der Waals surface area (Å²) in [5.41, 5.74) is 0. The maximum absolute atomic E-state index is 11.1. The molecule has 0 aromatic carbocycles. The Bertz CT molecular complexity index is 434. The smallest absolute Gasteiger partial charge is 0.407 e. The highest BCUT2D eigenvalue weighted by atomic mass is 16.7. The summed E-state index contributed by atoms with van der Waals surface area (Å²) in [6, 6.07) is -0.388. The number of amides is 1. The van der Waals surface area contributed by atoms with E-state index in [0.29, 0.717) is 59.3 Å². The van der Waals surface area contributed by atoms with Crippen molar-refractivity contribution in [2.45, 2.75) is 44.1 Å². The van der Waals surface area contributed by atoms with Gasteiger partial charge in [-0.25, -0.2) is 4.79 Å². The highest BCUT2D eigenvalue weighted by Crippen LogP contribution is 2.20. The number of nitrogens with zero attached hydrogens (tertiary/aromatic N) is 1. The predicted molar refractivity (Wildman–Crippen MR) is 102 cm³/mol. The first kappa shape index (κ1) is 24.3. The zero-order valence-corrected chi connectivity index (χ0v) is 17.0. The van der Waals surface area contributed by atoms with Gasteiger partial charge in [-0.1, -0.05) is 0 Å². The van der Waals surface area contributed by atoms with Gasteiger partial charge in [-0.05, 0) is 25.7 Å². The lowest BCUT2D eigenvalue weighted by molar-refractivity contribution is -0.169. The van der Waals surface area contributed by atoms with E-state index in [-0.39, 0.29) is 31.6 Å². The van der Waals surface area contributed by atoms with Gasteiger partial charge in [-0.15, -0.1) is 0 Å². The number of aliphatic hydroxyl groups is 1. The lowest BCUT2D eigenvalue weighted by atomic mass is 10.2. The Morgan fingerprint density at radius 1 is 0.931 bits per heavy atom. The minimum Gasteiger partial charge on any atom is -0.465 e.